The summed E-state index contributed by atoms with van der Waals surface area (Å²) in [4.78, 5) is 14.3. The Morgan fingerprint density at radius 3 is 2.33 bits per heavy atom. The maximum Gasteiger partial charge on any atom is 0.309 e. The van der Waals surface area contributed by atoms with Crippen LogP contribution in [0, 0.1) is 5.92 Å². The molecule has 0 bridgehead atoms. The fraction of sp³-hybridized carbons (Fsp3) is 0.250. The van der Waals surface area contributed by atoms with E-state index in [2.05, 4.69) is 29.2 Å². The van der Waals surface area contributed by atoms with Gasteiger partial charge in [0.1, 0.15) is 0 Å². The molecule has 0 saturated carbocycles. The van der Waals surface area contributed by atoms with Gasteiger partial charge in [-0.15, -0.1) is 0 Å². The van der Waals surface area contributed by atoms with Crippen molar-refractivity contribution in [3.05, 3.63) is 60.7 Å². The molecule has 4 heteroatoms. The Morgan fingerprint density at radius 2 is 1.71 bits per heavy atom. The third-order valence-corrected chi connectivity index (χ3v) is 4.64. The van der Waals surface area contributed by atoms with Crippen LogP contribution in [0.4, 0.5) is 11.4 Å². The molecule has 24 heavy (non-hydrogen) atoms. The van der Waals surface area contributed by atoms with Crippen LogP contribution in [0.25, 0.3) is 0 Å². The first-order chi connectivity index (χ1) is 11.8. The van der Waals surface area contributed by atoms with Gasteiger partial charge in [-0.05, 0) is 37.1 Å². The second-order valence-electron chi connectivity index (χ2n) is 6.09. The molecule has 4 rings (SSSR count). The first-order valence-corrected chi connectivity index (χ1v) is 8.17. The highest BCUT2D eigenvalue weighted by Crippen LogP contribution is 2.48. The first-order valence-electron chi connectivity index (χ1n) is 8.17. The minimum Gasteiger partial charge on any atom is -0.469 e. The number of benzene rings is 2. The Bertz CT molecular complexity index is 753. The standard InChI is InChI=1S/C20H19NO3/c1-23-20(22)14-7-6-8-15(13-14)21-16-9-2-4-11-18(16)24-19-12-5-3-10-17(19)21/h2-6,8-12,14-15H,7,13H2,1H3/t14-,15-/m1/s1. The highest BCUT2D eigenvalue weighted by molar-refractivity contribution is 5.79. The van der Waals surface area contributed by atoms with Crippen molar-refractivity contribution >= 4 is 17.3 Å². The van der Waals surface area contributed by atoms with E-state index in [1.165, 1.54) is 7.11 Å². The zero-order valence-electron chi connectivity index (χ0n) is 13.5. The summed E-state index contributed by atoms with van der Waals surface area (Å²) in [5.41, 5.74) is 2.05. The monoisotopic (exact) mass is 321 g/mol. The third kappa shape index (κ3) is 2.44. The zero-order chi connectivity index (χ0) is 16.5. The lowest BCUT2D eigenvalue weighted by Gasteiger charge is -2.39. The average molecular weight is 321 g/mol. The van der Waals surface area contributed by atoms with Crippen LogP contribution in [0.15, 0.2) is 60.7 Å². The largest absolute Gasteiger partial charge is 0.469 e. The molecule has 1 heterocycles. The SMILES string of the molecule is COC(=O)[C@@H]1CC=C[C@@H](N2c3ccccc3Oc3ccccc32)C1. The second-order valence-corrected chi connectivity index (χ2v) is 6.09. The normalized spacial score (nSPS) is 21.5. The van der Waals surface area contributed by atoms with Gasteiger partial charge in [-0.2, -0.15) is 0 Å². The van der Waals surface area contributed by atoms with Crippen LogP contribution >= 0.6 is 0 Å². The Hall–Kier alpha value is -2.75. The van der Waals surface area contributed by atoms with Crippen LogP contribution in [-0.2, 0) is 9.53 Å². The third-order valence-electron chi connectivity index (χ3n) is 4.64. The van der Waals surface area contributed by atoms with Crippen molar-refractivity contribution in [1.29, 1.82) is 0 Å². The summed E-state index contributed by atoms with van der Waals surface area (Å²) in [6, 6.07) is 16.1. The van der Waals surface area contributed by atoms with Crippen molar-refractivity contribution in [2.24, 2.45) is 5.92 Å². The van der Waals surface area contributed by atoms with Crippen molar-refractivity contribution < 1.29 is 14.3 Å². The summed E-state index contributed by atoms with van der Waals surface area (Å²) in [7, 11) is 1.45. The van der Waals surface area contributed by atoms with E-state index in [0.29, 0.717) is 0 Å². The Labute approximate surface area is 141 Å². The Morgan fingerprint density at radius 1 is 1.08 bits per heavy atom. The number of hydrogen-bond donors (Lipinski definition) is 0. The number of carbonyl (C=O) groups excluding carboxylic acids is 1. The first kappa shape index (κ1) is 14.8. The van der Waals surface area contributed by atoms with Crippen LogP contribution in [0.2, 0.25) is 0 Å². The van der Waals surface area contributed by atoms with Gasteiger partial charge in [0.05, 0.1) is 30.4 Å². The van der Waals surface area contributed by atoms with Crippen LogP contribution < -0.4 is 9.64 Å². The molecule has 0 saturated heterocycles. The van der Waals surface area contributed by atoms with Gasteiger partial charge in [0.25, 0.3) is 0 Å². The summed E-state index contributed by atoms with van der Waals surface area (Å²) in [5.74, 6) is 1.43. The van der Waals surface area contributed by atoms with Crippen molar-refractivity contribution in [3.8, 4) is 11.5 Å². The van der Waals surface area contributed by atoms with Gasteiger partial charge in [0.15, 0.2) is 11.5 Å². The van der Waals surface area contributed by atoms with Crippen LogP contribution in [-0.4, -0.2) is 19.1 Å². The molecule has 2 aliphatic rings. The van der Waals surface area contributed by atoms with Crippen LogP contribution in [0.1, 0.15) is 12.8 Å². The van der Waals surface area contributed by atoms with Gasteiger partial charge >= 0.3 is 5.97 Å². The summed E-state index contributed by atoms with van der Waals surface area (Å²) >= 11 is 0. The van der Waals surface area contributed by atoms with Crippen LogP contribution in [0.3, 0.4) is 0 Å². The number of anilines is 2. The van der Waals surface area contributed by atoms with Gasteiger partial charge in [-0.1, -0.05) is 36.4 Å². The smallest absolute Gasteiger partial charge is 0.309 e. The van der Waals surface area contributed by atoms with Crippen molar-refractivity contribution in [1.82, 2.24) is 0 Å². The number of rotatable bonds is 2. The number of para-hydroxylation sites is 4. The van der Waals surface area contributed by atoms with Crippen molar-refractivity contribution in [2.45, 2.75) is 18.9 Å². The summed E-state index contributed by atoms with van der Waals surface area (Å²) in [5, 5.41) is 0. The van der Waals surface area contributed by atoms with Gasteiger partial charge in [-0.25, -0.2) is 0 Å². The minimum atomic E-state index is -0.140. The second kappa shape index (κ2) is 6.04. The summed E-state index contributed by atoms with van der Waals surface area (Å²) < 4.78 is 11.0. The maximum atomic E-state index is 12.0. The summed E-state index contributed by atoms with van der Waals surface area (Å²) in [6.45, 7) is 0. The number of carbonyl (C=O) groups is 1. The van der Waals surface area contributed by atoms with E-state index in [4.69, 9.17) is 9.47 Å². The topological polar surface area (TPSA) is 38.8 Å². The molecule has 0 spiro atoms. The molecule has 1 aliphatic carbocycles. The van der Waals surface area contributed by atoms with Crippen LogP contribution in [0.5, 0.6) is 11.5 Å². The van der Waals surface area contributed by atoms with E-state index < -0.39 is 0 Å². The molecule has 1 aliphatic heterocycles. The molecule has 0 unspecified atom stereocenters. The molecule has 0 fully saturated rings. The fourth-order valence-electron chi connectivity index (χ4n) is 3.51. The molecule has 122 valence electrons. The molecule has 0 N–H and O–H groups in total. The molecule has 2 atom stereocenters. The lowest BCUT2D eigenvalue weighted by Crippen LogP contribution is -2.36. The maximum absolute atomic E-state index is 12.0. The van der Waals surface area contributed by atoms with Gasteiger partial charge < -0.3 is 14.4 Å². The number of ether oxygens (including phenoxy) is 2. The van der Waals surface area contributed by atoms with E-state index in [9.17, 15) is 4.79 Å². The predicted octanol–water partition coefficient (Wildman–Crippen LogP) is 4.44. The van der Waals surface area contributed by atoms with Gasteiger partial charge in [-0.3, -0.25) is 4.79 Å². The quantitative estimate of drug-likeness (QED) is 0.605. The van der Waals surface area contributed by atoms with Crippen molar-refractivity contribution in [2.75, 3.05) is 12.0 Å². The number of esters is 1. The molecule has 0 radical (unpaired) electrons. The zero-order valence-corrected chi connectivity index (χ0v) is 13.5. The lowest BCUT2D eigenvalue weighted by atomic mass is 9.89. The molecule has 4 nitrogen and oxygen atoms in total. The molecule has 2 aromatic carbocycles. The van der Waals surface area contributed by atoms with E-state index in [-0.39, 0.29) is 17.9 Å². The number of allylic oxidation sites excluding steroid dienone is 1. The number of fused-ring (bicyclic) bond motifs is 2. The van der Waals surface area contributed by atoms with Gasteiger partial charge in [0, 0.05) is 0 Å². The Kier molecular flexibility index (Phi) is 3.73. The number of hydrogen-bond acceptors (Lipinski definition) is 4. The van der Waals surface area contributed by atoms with E-state index in [1.807, 2.05) is 36.4 Å². The van der Waals surface area contributed by atoms with Crippen molar-refractivity contribution in [3.63, 3.8) is 0 Å². The van der Waals surface area contributed by atoms with E-state index >= 15 is 0 Å². The lowest BCUT2D eigenvalue weighted by molar-refractivity contribution is -0.145. The molecular formula is C20H19NO3. The molecule has 0 amide bonds. The average Bonchev–Trinajstić information content (AvgIpc) is 2.65. The van der Waals surface area contributed by atoms with E-state index in [0.717, 1.165) is 35.7 Å². The molecular weight excluding hydrogens is 302 g/mol. The molecule has 2 aromatic rings. The van der Waals surface area contributed by atoms with Gasteiger partial charge in [0.2, 0.25) is 0 Å². The summed E-state index contributed by atoms with van der Waals surface area (Å²) in [6.07, 6.45) is 5.72. The number of nitrogens with zero attached hydrogens (tertiary/aromatic N) is 1. The Balaban J connectivity index is 1.76. The highest BCUT2D eigenvalue weighted by atomic mass is 16.5. The fourth-order valence-corrected chi connectivity index (χ4v) is 3.51. The predicted molar refractivity (Wildman–Crippen MR) is 92.8 cm³/mol. The number of methoxy groups -OCH3 is 1. The van der Waals surface area contributed by atoms with E-state index in [1.54, 1.807) is 0 Å². The highest BCUT2D eigenvalue weighted by Gasteiger charge is 2.33. The molecule has 0 aromatic heterocycles. The minimum absolute atomic E-state index is 0.0917.